The van der Waals surface area contributed by atoms with Crippen LogP contribution in [0.15, 0.2) is 0 Å². The third-order valence-electron chi connectivity index (χ3n) is 4.09. The number of morpholine rings is 1. The first-order valence-corrected chi connectivity index (χ1v) is 7.90. The van der Waals surface area contributed by atoms with Gasteiger partial charge in [-0.1, -0.05) is 6.92 Å². The molecule has 3 N–H and O–H groups in total. The molecule has 2 heterocycles. The van der Waals surface area contributed by atoms with E-state index in [4.69, 9.17) is 17.0 Å². The van der Waals surface area contributed by atoms with Crippen LogP contribution in [0.5, 0.6) is 0 Å². The highest BCUT2D eigenvalue weighted by molar-refractivity contribution is 7.71. The lowest BCUT2D eigenvalue weighted by atomic mass is 10.2. The average molecular weight is 301 g/mol. The molecule has 1 aromatic rings. The van der Waals surface area contributed by atoms with Crippen LogP contribution >= 0.6 is 12.2 Å². The summed E-state index contributed by atoms with van der Waals surface area (Å²) in [5.41, 5.74) is 0. The highest BCUT2D eigenvalue weighted by Gasteiger charge is 2.23. The Balaban J connectivity index is 2.06. The molecule has 0 aliphatic carbocycles. The maximum Gasteiger partial charge on any atom is 0.195 e. The van der Waals surface area contributed by atoms with Crippen LogP contribution in [0.4, 0.5) is 0 Å². The largest absolute Gasteiger partial charge is 0.370 e. The van der Waals surface area contributed by atoms with E-state index in [1.807, 2.05) is 0 Å². The minimum atomic E-state index is 0.391. The normalized spacial score (nSPS) is 18.6. The Kier molecular flexibility index (Phi) is 5.71. The number of aromatic nitrogens is 3. The third-order valence-corrected chi connectivity index (χ3v) is 4.41. The Morgan fingerprint density at radius 3 is 2.75 bits per heavy atom. The molecule has 1 atom stereocenters. The first-order chi connectivity index (χ1) is 9.63. The first kappa shape index (κ1) is 15.6. The van der Waals surface area contributed by atoms with E-state index in [9.17, 15) is 0 Å². The van der Waals surface area contributed by atoms with Gasteiger partial charge in [0, 0.05) is 6.42 Å². The zero-order valence-corrected chi connectivity index (χ0v) is 13.6. The summed E-state index contributed by atoms with van der Waals surface area (Å²) in [5.74, 6) is 1.09. The minimum Gasteiger partial charge on any atom is -0.370 e. The fourth-order valence-electron chi connectivity index (χ4n) is 2.84. The Morgan fingerprint density at radius 1 is 1.45 bits per heavy atom. The Hall–Kier alpha value is -0.760. The van der Waals surface area contributed by atoms with Crippen LogP contribution in [0.2, 0.25) is 0 Å². The van der Waals surface area contributed by atoms with Crippen LogP contribution in [-0.2, 0) is 11.3 Å². The Morgan fingerprint density at radius 2 is 2.15 bits per heavy atom. The molecule has 20 heavy (non-hydrogen) atoms. The highest BCUT2D eigenvalue weighted by Crippen LogP contribution is 2.10. The molecule has 1 aliphatic heterocycles. The number of aromatic amines is 1. The van der Waals surface area contributed by atoms with E-state index < -0.39 is 0 Å². The van der Waals surface area contributed by atoms with Crippen molar-refractivity contribution in [3.05, 3.63) is 10.6 Å². The van der Waals surface area contributed by atoms with Crippen molar-refractivity contribution in [3.8, 4) is 0 Å². The number of hydrogen-bond acceptors (Lipinski definition) is 3. The number of quaternary nitrogens is 2. The number of H-pyrrole nitrogens is 1. The molecule has 0 radical (unpaired) electrons. The second-order valence-electron chi connectivity index (χ2n) is 5.69. The summed E-state index contributed by atoms with van der Waals surface area (Å²) >= 11 is 5.40. The second-order valence-corrected chi connectivity index (χ2v) is 6.08. The quantitative estimate of drug-likeness (QED) is 0.558. The van der Waals surface area contributed by atoms with Gasteiger partial charge in [0.2, 0.25) is 0 Å². The molecule has 2 rings (SSSR count). The van der Waals surface area contributed by atoms with Gasteiger partial charge in [0.1, 0.15) is 19.1 Å². The van der Waals surface area contributed by atoms with Crippen molar-refractivity contribution in [1.82, 2.24) is 14.8 Å². The lowest BCUT2D eigenvalue weighted by Gasteiger charge is -2.24. The van der Waals surface area contributed by atoms with Gasteiger partial charge in [-0.3, -0.25) is 9.67 Å². The fourth-order valence-corrected chi connectivity index (χ4v) is 3.07. The lowest BCUT2D eigenvalue weighted by molar-refractivity contribution is -0.908. The molecule has 114 valence electrons. The van der Waals surface area contributed by atoms with E-state index in [0.29, 0.717) is 6.04 Å². The second kappa shape index (κ2) is 7.31. The highest BCUT2D eigenvalue weighted by atomic mass is 32.1. The summed E-state index contributed by atoms with van der Waals surface area (Å²) in [4.78, 5) is 2.98. The van der Waals surface area contributed by atoms with E-state index in [-0.39, 0.29) is 0 Å². The van der Waals surface area contributed by atoms with Gasteiger partial charge >= 0.3 is 0 Å². The summed E-state index contributed by atoms with van der Waals surface area (Å²) in [5, 5.41) is 7.43. The first-order valence-electron chi connectivity index (χ1n) is 7.50. The van der Waals surface area contributed by atoms with Gasteiger partial charge < -0.3 is 14.5 Å². The van der Waals surface area contributed by atoms with Gasteiger partial charge in [-0.25, -0.2) is 0 Å². The summed E-state index contributed by atoms with van der Waals surface area (Å²) in [6.07, 6.45) is 1.06. The maximum absolute atomic E-state index is 5.40. The van der Waals surface area contributed by atoms with Crippen molar-refractivity contribution in [2.45, 2.75) is 25.9 Å². The predicted octanol–water partition coefficient (Wildman–Crippen LogP) is -1.55. The predicted molar refractivity (Wildman–Crippen MR) is 79.6 cm³/mol. The number of nitrogens with zero attached hydrogens (tertiary/aromatic N) is 2. The number of nitrogens with one attached hydrogen (secondary N) is 3. The van der Waals surface area contributed by atoms with Crippen molar-refractivity contribution in [3.63, 3.8) is 0 Å². The molecule has 0 bridgehead atoms. The van der Waals surface area contributed by atoms with Crippen molar-refractivity contribution in [2.24, 2.45) is 0 Å². The minimum absolute atomic E-state index is 0.391. The van der Waals surface area contributed by atoms with Crippen molar-refractivity contribution in [2.75, 3.05) is 46.9 Å². The molecule has 0 aromatic carbocycles. The van der Waals surface area contributed by atoms with E-state index in [0.717, 1.165) is 56.4 Å². The summed E-state index contributed by atoms with van der Waals surface area (Å²) in [6, 6.07) is 0.391. The molecule has 1 saturated heterocycles. The zero-order chi connectivity index (χ0) is 14.5. The summed E-state index contributed by atoms with van der Waals surface area (Å²) in [7, 11) is 4.34. The molecule has 0 saturated carbocycles. The molecule has 1 aromatic heterocycles. The number of hydrogen-bond donors (Lipinski definition) is 3. The van der Waals surface area contributed by atoms with E-state index in [1.54, 1.807) is 4.90 Å². The zero-order valence-electron chi connectivity index (χ0n) is 12.7. The SMILES string of the molecule is CC[C@@H](c1n[nH]c(=S)n1CC[NH+]1CCOCC1)[NH+](C)C. The van der Waals surface area contributed by atoms with Crippen molar-refractivity contribution >= 4 is 12.2 Å². The maximum atomic E-state index is 5.40. The van der Waals surface area contributed by atoms with E-state index in [2.05, 4.69) is 35.8 Å². The number of ether oxygens (including phenoxy) is 1. The topological polar surface area (TPSA) is 51.7 Å². The molecule has 0 amide bonds. The standard InChI is InChI=1S/C13H25N5OS/c1-4-11(16(2)3)12-14-15-13(20)18(12)6-5-17-7-9-19-10-8-17/h11H,4-10H2,1-3H3,(H,15,20)/p+2/t11-/m0/s1. The third kappa shape index (κ3) is 3.66. The van der Waals surface area contributed by atoms with Gasteiger partial charge in [-0.15, -0.1) is 0 Å². The smallest absolute Gasteiger partial charge is 0.195 e. The van der Waals surface area contributed by atoms with Gasteiger partial charge in [0.25, 0.3) is 0 Å². The monoisotopic (exact) mass is 301 g/mol. The molecule has 0 spiro atoms. The van der Waals surface area contributed by atoms with E-state index in [1.165, 1.54) is 4.90 Å². The van der Waals surface area contributed by atoms with Crippen LogP contribution in [-0.4, -0.2) is 61.7 Å². The van der Waals surface area contributed by atoms with Crippen LogP contribution in [0.1, 0.15) is 25.2 Å². The average Bonchev–Trinajstić information content (AvgIpc) is 2.79. The summed E-state index contributed by atoms with van der Waals surface area (Å²) < 4.78 is 8.32. The molecule has 6 nitrogen and oxygen atoms in total. The molecule has 1 aliphatic rings. The van der Waals surface area contributed by atoms with Crippen molar-refractivity contribution in [1.29, 1.82) is 0 Å². The van der Waals surface area contributed by atoms with Gasteiger partial charge in [-0.2, -0.15) is 5.10 Å². The van der Waals surface area contributed by atoms with Crippen LogP contribution < -0.4 is 9.80 Å². The fraction of sp³-hybridized carbons (Fsp3) is 0.846. The van der Waals surface area contributed by atoms with Crippen LogP contribution in [0.3, 0.4) is 0 Å². The molecular formula is C13H27N5OS+2. The molecule has 0 unspecified atom stereocenters. The summed E-state index contributed by atoms with van der Waals surface area (Å²) in [6.45, 7) is 8.16. The van der Waals surface area contributed by atoms with Crippen molar-refractivity contribution < 1.29 is 14.5 Å². The van der Waals surface area contributed by atoms with Crippen LogP contribution in [0, 0.1) is 4.77 Å². The molecule has 7 heteroatoms. The number of rotatable bonds is 6. The molecule has 1 fully saturated rings. The Labute approximate surface area is 125 Å². The molecular weight excluding hydrogens is 274 g/mol. The van der Waals surface area contributed by atoms with E-state index >= 15 is 0 Å². The lowest BCUT2D eigenvalue weighted by Crippen LogP contribution is -3.14. The van der Waals surface area contributed by atoms with Gasteiger partial charge in [-0.05, 0) is 12.2 Å². The Bertz CT molecular complexity index is 464. The van der Waals surface area contributed by atoms with Crippen LogP contribution in [0.25, 0.3) is 0 Å². The van der Waals surface area contributed by atoms with Gasteiger partial charge in [0.15, 0.2) is 10.6 Å². The van der Waals surface area contributed by atoms with Gasteiger partial charge in [0.05, 0.1) is 40.4 Å².